The summed E-state index contributed by atoms with van der Waals surface area (Å²) in [7, 11) is 1.50. The zero-order valence-electron chi connectivity index (χ0n) is 17.1. The minimum Gasteiger partial charge on any atom is -0.496 e. The number of rotatable bonds is 6. The molecule has 0 bridgehead atoms. The average molecular weight is 416 g/mol. The quantitative estimate of drug-likeness (QED) is 0.322. The summed E-state index contributed by atoms with van der Waals surface area (Å²) in [6, 6.07) is 18.8. The Bertz CT molecular complexity index is 1160. The smallest absolute Gasteiger partial charge is 0.347 e. The first kappa shape index (κ1) is 20.2. The monoisotopic (exact) mass is 416 g/mol. The second-order valence-corrected chi connectivity index (χ2v) is 6.69. The largest absolute Gasteiger partial charge is 0.496 e. The molecule has 6 nitrogen and oxygen atoms in total. The lowest BCUT2D eigenvalue weighted by atomic mass is 10.1. The number of Topliss-reactive ketones (excluding diaryl/α,β-unsaturated/α-hetero) is 1. The Morgan fingerprint density at radius 2 is 1.74 bits per heavy atom. The summed E-state index contributed by atoms with van der Waals surface area (Å²) in [6.45, 7) is 2.42. The van der Waals surface area contributed by atoms with Crippen molar-refractivity contribution in [1.82, 2.24) is 0 Å². The van der Waals surface area contributed by atoms with Crippen molar-refractivity contribution in [2.75, 3.05) is 13.7 Å². The van der Waals surface area contributed by atoms with E-state index < -0.39 is 5.97 Å². The number of benzene rings is 3. The molecule has 0 radical (unpaired) electrons. The molecular weight excluding hydrogens is 396 g/mol. The van der Waals surface area contributed by atoms with E-state index in [2.05, 4.69) is 0 Å². The summed E-state index contributed by atoms with van der Waals surface area (Å²) < 4.78 is 21.8. The number of hydrogen-bond acceptors (Lipinski definition) is 6. The second kappa shape index (κ2) is 8.75. The van der Waals surface area contributed by atoms with Crippen molar-refractivity contribution in [3.8, 4) is 23.0 Å². The summed E-state index contributed by atoms with van der Waals surface area (Å²) in [4.78, 5) is 25.0. The van der Waals surface area contributed by atoms with Gasteiger partial charge in [0.05, 0.1) is 19.3 Å². The van der Waals surface area contributed by atoms with Crippen molar-refractivity contribution < 1.29 is 28.5 Å². The molecule has 0 saturated carbocycles. The van der Waals surface area contributed by atoms with E-state index in [1.165, 1.54) is 7.11 Å². The maximum absolute atomic E-state index is 12.6. The third kappa shape index (κ3) is 4.28. The van der Waals surface area contributed by atoms with Gasteiger partial charge in [-0.1, -0.05) is 24.3 Å². The fourth-order valence-corrected chi connectivity index (χ4v) is 3.18. The molecular formula is C25H20O6. The maximum atomic E-state index is 12.6. The van der Waals surface area contributed by atoms with E-state index in [0.29, 0.717) is 40.7 Å². The highest BCUT2D eigenvalue weighted by Crippen LogP contribution is 2.35. The molecule has 3 aromatic rings. The summed E-state index contributed by atoms with van der Waals surface area (Å²) in [5.74, 6) is 1.46. The number of allylic oxidation sites excluding steroid dienone is 1. The highest BCUT2D eigenvalue weighted by molar-refractivity contribution is 6.14. The topological polar surface area (TPSA) is 71.1 Å². The van der Waals surface area contributed by atoms with Gasteiger partial charge in [-0.3, -0.25) is 4.79 Å². The van der Waals surface area contributed by atoms with Crippen molar-refractivity contribution >= 4 is 17.8 Å². The third-order valence-electron chi connectivity index (χ3n) is 4.67. The number of carbonyl (C=O) groups is 2. The number of fused-ring (bicyclic) bond motifs is 1. The van der Waals surface area contributed by atoms with Crippen molar-refractivity contribution in [3.05, 3.63) is 89.2 Å². The fraction of sp³-hybridized carbons (Fsp3) is 0.120. The molecule has 0 fully saturated rings. The van der Waals surface area contributed by atoms with Crippen LogP contribution in [0.5, 0.6) is 23.0 Å². The van der Waals surface area contributed by atoms with E-state index in [0.717, 1.165) is 5.56 Å². The van der Waals surface area contributed by atoms with Crippen LogP contribution in [-0.2, 0) is 0 Å². The Kier molecular flexibility index (Phi) is 5.71. The van der Waals surface area contributed by atoms with Crippen LogP contribution in [0.1, 0.15) is 33.2 Å². The number of ketones is 1. The Hall–Kier alpha value is -4.06. The molecule has 0 saturated heterocycles. The number of hydrogen-bond donors (Lipinski definition) is 0. The maximum Gasteiger partial charge on any atom is 0.347 e. The SMILES string of the molecule is CCOc1ccc2c(c1)O/C(=C\c1ccc(OC(=O)c3ccccc3OC)cc1)C2=O. The van der Waals surface area contributed by atoms with E-state index >= 15 is 0 Å². The number of para-hydroxylation sites is 1. The third-order valence-corrected chi connectivity index (χ3v) is 4.67. The van der Waals surface area contributed by atoms with Crippen LogP contribution >= 0.6 is 0 Å². The van der Waals surface area contributed by atoms with Gasteiger partial charge in [0.1, 0.15) is 28.6 Å². The summed E-state index contributed by atoms with van der Waals surface area (Å²) in [5.41, 5.74) is 1.57. The van der Waals surface area contributed by atoms with E-state index in [9.17, 15) is 9.59 Å². The van der Waals surface area contributed by atoms with Crippen LogP contribution in [0.3, 0.4) is 0 Å². The van der Waals surface area contributed by atoms with Crippen molar-refractivity contribution in [2.45, 2.75) is 6.92 Å². The Balaban J connectivity index is 1.48. The van der Waals surface area contributed by atoms with Crippen molar-refractivity contribution in [2.24, 2.45) is 0 Å². The minimum atomic E-state index is -0.515. The van der Waals surface area contributed by atoms with Gasteiger partial charge in [0.15, 0.2) is 5.76 Å². The Morgan fingerprint density at radius 3 is 2.48 bits per heavy atom. The van der Waals surface area contributed by atoms with Gasteiger partial charge in [-0.15, -0.1) is 0 Å². The number of ether oxygens (including phenoxy) is 4. The predicted molar refractivity (Wildman–Crippen MR) is 115 cm³/mol. The van der Waals surface area contributed by atoms with Crippen LogP contribution in [0.25, 0.3) is 6.08 Å². The van der Waals surface area contributed by atoms with Crippen LogP contribution < -0.4 is 18.9 Å². The molecule has 31 heavy (non-hydrogen) atoms. The first-order chi connectivity index (χ1) is 15.1. The summed E-state index contributed by atoms with van der Waals surface area (Å²) in [6.07, 6.45) is 1.65. The van der Waals surface area contributed by atoms with Gasteiger partial charge >= 0.3 is 5.97 Å². The van der Waals surface area contributed by atoms with E-state index in [1.807, 2.05) is 6.92 Å². The zero-order chi connectivity index (χ0) is 21.8. The molecule has 1 heterocycles. The molecule has 0 aliphatic carbocycles. The number of methoxy groups -OCH3 is 1. The van der Waals surface area contributed by atoms with Gasteiger partial charge in [-0.05, 0) is 55.0 Å². The zero-order valence-corrected chi connectivity index (χ0v) is 17.1. The molecule has 0 N–H and O–H groups in total. The van der Waals surface area contributed by atoms with E-state index in [1.54, 1.807) is 72.8 Å². The Morgan fingerprint density at radius 1 is 1.00 bits per heavy atom. The van der Waals surface area contributed by atoms with Gasteiger partial charge in [-0.2, -0.15) is 0 Å². The standard InChI is InChI=1S/C25H20O6/c1-3-29-18-12-13-19-22(15-18)31-23(24(19)26)14-16-8-10-17(11-9-16)30-25(27)20-6-4-5-7-21(20)28-2/h4-15H,3H2,1-2H3/b23-14-. The lowest BCUT2D eigenvalue weighted by Gasteiger charge is -2.08. The predicted octanol–water partition coefficient (Wildman–Crippen LogP) is 4.93. The van der Waals surface area contributed by atoms with E-state index in [4.69, 9.17) is 18.9 Å². The van der Waals surface area contributed by atoms with Crippen LogP contribution in [-0.4, -0.2) is 25.5 Å². The summed E-state index contributed by atoms with van der Waals surface area (Å²) >= 11 is 0. The van der Waals surface area contributed by atoms with Crippen molar-refractivity contribution in [1.29, 1.82) is 0 Å². The lowest BCUT2D eigenvalue weighted by Crippen LogP contribution is -2.10. The molecule has 0 amide bonds. The molecule has 0 aromatic heterocycles. The van der Waals surface area contributed by atoms with Gasteiger partial charge < -0.3 is 18.9 Å². The number of esters is 1. The molecule has 1 aliphatic rings. The Labute approximate surface area is 179 Å². The molecule has 0 atom stereocenters. The minimum absolute atomic E-state index is 0.190. The molecule has 156 valence electrons. The van der Waals surface area contributed by atoms with Crippen LogP contribution in [0, 0.1) is 0 Å². The molecule has 4 rings (SSSR count). The van der Waals surface area contributed by atoms with Gasteiger partial charge in [-0.25, -0.2) is 4.79 Å². The summed E-state index contributed by atoms with van der Waals surface area (Å²) in [5, 5.41) is 0. The second-order valence-electron chi connectivity index (χ2n) is 6.69. The van der Waals surface area contributed by atoms with Crippen LogP contribution in [0.15, 0.2) is 72.5 Å². The van der Waals surface area contributed by atoms with Gasteiger partial charge in [0, 0.05) is 6.07 Å². The first-order valence-corrected chi connectivity index (χ1v) is 9.75. The fourth-order valence-electron chi connectivity index (χ4n) is 3.18. The van der Waals surface area contributed by atoms with Crippen LogP contribution in [0.4, 0.5) is 0 Å². The molecule has 0 spiro atoms. The molecule has 1 aliphatic heterocycles. The molecule has 3 aromatic carbocycles. The highest BCUT2D eigenvalue weighted by Gasteiger charge is 2.27. The lowest BCUT2D eigenvalue weighted by molar-refractivity contribution is 0.0731. The van der Waals surface area contributed by atoms with E-state index in [-0.39, 0.29) is 11.5 Å². The van der Waals surface area contributed by atoms with Gasteiger partial charge in [0.2, 0.25) is 5.78 Å². The molecule has 0 unspecified atom stereocenters. The average Bonchev–Trinajstić information content (AvgIpc) is 3.09. The number of carbonyl (C=O) groups excluding carboxylic acids is 2. The van der Waals surface area contributed by atoms with Crippen LogP contribution in [0.2, 0.25) is 0 Å². The highest BCUT2D eigenvalue weighted by atomic mass is 16.5. The molecule has 6 heteroatoms. The first-order valence-electron chi connectivity index (χ1n) is 9.75. The van der Waals surface area contributed by atoms with Crippen molar-refractivity contribution in [3.63, 3.8) is 0 Å². The normalized spacial score (nSPS) is 13.5. The van der Waals surface area contributed by atoms with Gasteiger partial charge in [0.25, 0.3) is 0 Å².